The number of nitrogens with two attached hydrogens (primary N) is 1. The minimum Gasteiger partial charge on any atom is -0.399 e. The maximum Gasteiger partial charge on any atom is 0.0328 e. The van der Waals surface area contributed by atoms with Crippen molar-refractivity contribution in [2.45, 2.75) is 31.9 Å². The predicted molar refractivity (Wildman–Crippen MR) is 74.2 cm³/mol. The molecule has 0 saturated heterocycles. The molecule has 0 atom stereocenters. The number of rotatable bonds is 6. The van der Waals surface area contributed by atoms with Gasteiger partial charge in [-0.25, -0.2) is 0 Å². The SMILES string of the molecule is CCCCCSCc1cc(N)cc(Br)c1. The highest BCUT2D eigenvalue weighted by molar-refractivity contribution is 9.10. The van der Waals surface area contributed by atoms with Gasteiger partial charge in [-0.1, -0.05) is 35.7 Å². The highest BCUT2D eigenvalue weighted by Gasteiger charge is 1.97. The molecule has 0 fully saturated rings. The molecular weight excluding hydrogens is 270 g/mol. The van der Waals surface area contributed by atoms with Crippen molar-refractivity contribution in [3.8, 4) is 0 Å². The van der Waals surface area contributed by atoms with E-state index < -0.39 is 0 Å². The fourth-order valence-electron chi connectivity index (χ4n) is 1.40. The lowest BCUT2D eigenvalue weighted by atomic mass is 10.2. The second kappa shape index (κ2) is 7.18. The maximum absolute atomic E-state index is 5.77. The molecule has 1 aromatic carbocycles. The van der Waals surface area contributed by atoms with Crippen LogP contribution in [0.15, 0.2) is 22.7 Å². The van der Waals surface area contributed by atoms with E-state index in [0.29, 0.717) is 0 Å². The fraction of sp³-hybridized carbons (Fsp3) is 0.500. The number of benzene rings is 1. The van der Waals surface area contributed by atoms with Crippen molar-refractivity contribution in [1.82, 2.24) is 0 Å². The first-order valence-corrected chi connectivity index (χ1v) is 7.30. The lowest BCUT2D eigenvalue weighted by Crippen LogP contribution is -1.89. The lowest BCUT2D eigenvalue weighted by Gasteiger charge is -2.04. The molecule has 0 aliphatic carbocycles. The zero-order valence-electron chi connectivity index (χ0n) is 9.13. The average molecular weight is 288 g/mol. The van der Waals surface area contributed by atoms with Crippen LogP contribution in [0.2, 0.25) is 0 Å². The number of anilines is 1. The zero-order valence-corrected chi connectivity index (χ0v) is 11.5. The molecule has 1 aromatic rings. The summed E-state index contributed by atoms with van der Waals surface area (Å²) in [7, 11) is 0. The van der Waals surface area contributed by atoms with Crippen molar-refractivity contribution in [2.24, 2.45) is 0 Å². The molecular formula is C12H18BrNS. The van der Waals surface area contributed by atoms with Crippen molar-refractivity contribution in [1.29, 1.82) is 0 Å². The van der Waals surface area contributed by atoms with Crippen molar-refractivity contribution >= 4 is 33.4 Å². The van der Waals surface area contributed by atoms with Crippen LogP contribution in [-0.4, -0.2) is 5.75 Å². The molecule has 0 unspecified atom stereocenters. The van der Waals surface area contributed by atoms with E-state index in [4.69, 9.17) is 5.73 Å². The zero-order chi connectivity index (χ0) is 11.1. The van der Waals surface area contributed by atoms with Crippen molar-refractivity contribution in [2.75, 3.05) is 11.5 Å². The van der Waals surface area contributed by atoms with Gasteiger partial charge >= 0.3 is 0 Å². The van der Waals surface area contributed by atoms with Crippen LogP contribution in [0.25, 0.3) is 0 Å². The van der Waals surface area contributed by atoms with E-state index in [0.717, 1.165) is 15.9 Å². The van der Waals surface area contributed by atoms with Gasteiger partial charge in [0.15, 0.2) is 0 Å². The first-order valence-electron chi connectivity index (χ1n) is 5.35. The number of nitrogen functional groups attached to an aromatic ring is 1. The molecule has 0 radical (unpaired) electrons. The molecule has 1 nitrogen and oxygen atoms in total. The summed E-state index contributed by atoms with van der Waals surface area (Å²) in [4.78, 5) is 0. The first kappa shape index (κ1) is 12.9. The quantitative estimate of drug-likeness (QED) is 0.618. The van der Waals surface area contributed by atoms with E-state index in [1.165, 1.54) is 30.6 Å². The van der Waals surface area contributed by atoms with Gasteiger partial charge in [-0.3, -0.25) is 0 Å². The Labute approximate surface area is 105 Å². The van der Waals surface area contributed by atoms with Crippen molar-refractivity contribution in [3.05, 3.63) is 28.2 Å². The molecule has 0 aliphatic rings. The summed E-state index contributed by atoms with van der Waals surface area (Å²) in [5.41, 5.74) is 7.92. The summed E-state index contributed by atoms with van der Waals surface area (Å²) in [6.45, 7) is 2.24. The van der Waals surface area contributed by atoms with Crippen molar-refractivity contribution < 1.29 is 0 Å². The average Bonchev–Trinajstić information content (AvgIpc) is 2.16. The van der Waals surface area contributed by atoms with E-state index in [1.54, 1.807) is 0 Å². The van der Waals surface area contributed by atoms with E-state index in [-0.39, 0.29) is 0 Å². The van der Waals surface area contributed by atoms with Gasteiger partial charge in [0.2, 0.25) is 0 Å². The summed E-state index contributed by atoms with van der Waals surface area (Å²) in [5, 5.41) is 0. The van der Waals surface area contributed by atoms with Gasteiger partial charge in [-0.15, -0.1) is 0 Å². The van der Waals surface area contributed by atoms with Gasteiger partial charge in [-0.2, -0.15) is 11.8 Å². The van der Waals surface area contributed by atoms with Crippen molar-refractivity contribution in [3.63, 3.8) is 0 Å². The molecule has 0 heterocycles. The highest BCUT2D eigenvalue weighted by Crippen LogP contribution is 2.21. The van der Waals surface area contributed by atoms with E-state index in [9.17, 15) is 0 Å². The summed E-state index contributed by atoms with van der Waals surface area (Å²) < 4.78 is 1.08. The number of unbranched alkanes of at least 4 members (excludes halogenated alkanes) is 2. The Balaban J connectivity index is 2.31. The maximum atomic E-state index is 5.77. The van der Waals surface area contributed by atoms with E-state index >= 15 is 0 Å². The first-order chi connectivity index (χ1) is 7.22. The van der Waals surface area contributed by atoms with Crippen LogP contribution in [0.1, 0.15) is 31.7 Å². The summed E-state index contributed by atoms with van der Waals surface area (Å²) in [6, 6.07) is 6.13. The standard InChI is InChI=1S/C12H18BrNS/c1-2-3-4-5-15-9-10-6-11(13)8-12(14)7-10/h6-8H,2-5,9,14H2,1H3. The third-order valence-corrected chi connectivity index (χ3v) is 3.71. The number of halogens is 1. The predicted octanol–water partition coefficient (Wildman–Crippen LogP) is 4.45. The third-order valence-electron chi connectivity index (χ3n) is 2.14. The van der Waals surface area contributed by atoms with Gasteiger partial charge in [0.05, 0.1) is 0 Å². The molecule has 84 valence electrons. The molecule has 15 heavy (non-hydrogen) atoms. The van der Waals surface area contributed by atoms with Crippen LogP contribution < -0.4 is 5.73 Å². The minimum atomic E-state index is 0.841. The fourth-order valence-corrected chi connectivity index (χ4v) is 2.92. The summed E-state index contributed by atoms with van der Waals surface area (Å²) in [6.07, 6.45) is 3.96. The molecule has 0 bridgehead atoms. The Kier molecular flexibility index (Phi) is 6.18. The van der Waals surface area contributed by atoms with Gasteiger partial charge < -0.3 is 5.73 Å². The van der Waals surface area contributed by atoms with Gasteiger partial charge in [0.25, 0.3) is 0 Å². The topological polar surface area (TPSA) is 26.0 Å². The molecule has 1 rings (SSSR count). The lowest BCUT2D eigenvalue weighted by molar-refractivity contribution is 0.778. The molecule has 0 saturated carbocycles. The molecule has 0 spiro atoms. The highest BCUT2D eigenvalue weighted by atomic mass is 79.9. The van der Waals surface area contributed by atoms with Crippen LogP contribution >= 0.6 is 27.7 Å². The van der Waals surface area contributed by atoms with E-state index in [1.807, 2.05) is 17.8 Å². The second-order valence-electron chi connectivity index (χ2n) is 3.65. The van der Waals surface area contributed by atoms with Gasteiger partial charge in [0, 0.05) is 15.9 Å². The number of hydrogen-bond donors (Lipinski definition) is 1. The minimum absolute atomic E-state index is 0.841. The number of hydrogen-bond acceptors (Lipinski definition) is 2. The third kappa shape index (κ3) is 5.47. The molecule has 2 N–H and O–H groups in total. The largest absolute Gasteiger partial charge is 0.399 e. The van der Waals surface area contributed by atoms with Crippen LogP contribution in [0.3, 0.4) is 0 Å². The van der Waals surface area contributed by atoms with Crippen LogP contribution in [0.4, 0.5) is 5.69 Å². The van der Waals surface area contributed by atoms with Gasteiger partial charge in [0.1, 0.15) is 0 Å². The Bertz CT molecular complexity index is 281. The Morgan fingerprint density at radius 1 is 1.27 bits per heavy atom. The molecule has 3 heteroatoms. The monoisotopic (exact) mass is 287 g/mol. The Hall–Kier alpha value is -0.150. The normalized spacial score (nSPS) is 10.5. The summed E-state index contributed by atoms with van der Waals surface area (Å²) in [5.74, 6) is 2.31. The molecule has 0 amide bonds. The molecule has 0 aliphatic heterocycles. The molecule has 0 aromatic heterocycles. The second-order valence-corrected chi connectivity index (χ2v) is 5.67. The summed E-state index contributed by atoms with van der Waals surface area (Å²) >= 11 is 5.44. The number of thioether (sulfide) groups is 1. The van der Waals surface area contributed by atoms with Crippen LogP contribution in [0.5, 0.6) is 0 Å². The van der Waals surface area contributed by atoms with Crippen LogP contribution in [0, 0.1) is 0 Å². The van der Waals surface area contributed by atoms with Gasteiger partial charge in [-0.05, 0) is 35.9 Å². The Morgan fingerprint density at radius 3 is 2.73 bits per heavy atom. The smallest absolute Gasteiger partial charge is 0.0328 e. The van der Waals surface area contributed by atoms with Crippen LogP contribution in [-0.2, 0) is 5.75 Å². The van der Waals surface area contributed by atoms with E-state index in [2.05, 4.69) is 35.0 Å². The Morgan fingerprint density at radius 2 is 2.07 bits per heavy atom.